The summed E-state index contributed by atoms with van der Waals surface area (Å²) >= 11 is 13.5. The van der Waals surface area contributed by atoms with Gasteiger partial charge in [0.15, 0.2) is 5.13 Å². The summed E-state index contributed by atoms with van der Waals surface area (Å²) in [6, 6.07) is 12.2. The first-order valence-electron chi connectivity index (χ1n) is 7.79. The number of carbonyl (C=O) groups excluding carboxylic acids is 1. The van der Waals surface area contributed by atoms with Crippen molar-refractivity contribution in [2.75, 3.05) is 5.32 Å². The number of rotatable bonds is 4. The maximum absolute atomic E-state index is 12.7. The first kappa shape index (κ1) is 17.7. The Hall–Kier alpha value is -2.74. The Morgan fingerprint density at radius 2 is 1.96 bits per heavy atom. The highest BCUT2D eigenvalue weighted by atomic mass is 35.5. The van der Waals surface area contributed by atoms with Crippen LogP contribution >= 0.6 is 34.5 Å². The van der Waals surface area contributed by atoms with Crippen LogP contribution in [-0.4, -0.2) is 25.7 Å². The molecule has 4 aromatic rings. The fourth-order valence-electron chi connectivity index (χ4n) is 2.44. The summed E-state index contributed by atoms with van der Waals surface area (Å²) in [7, 11) is 0. The van der Waals surface area contributed by atoms with Gasteiger partial charge in [0.1, 0.15) is 11.4 Å². The summed E-state index contributed by atoms with van der Waals surface area (Å²) in [6.07, 6.45) is 3.22. The Bertz CT molecular complexity index is 1110. The zero-order chi connectivity index (χ0) is 18.8. The number of aromatic nitrogens is 4. The highest BCUT2D eigenvalue weighted by Crippen LogP contribution is 2.26. The minimum absolute atomic E-state index is 0.328. The van der Waals surface area contributed by atoms with Crippen LogP contribution in [0.25, 0.3) is 17.1 Å². The van der Waals surface area contributed by atoms with Gasteiger partial charge in [0.25, 0.3) is 5.91 Å². The number of carbonyl (C=O) groups is 1. The van der Waals surface area contributed by atoms with Crippen LogP contribution in [0.5, 0.6) is 0 Å². The average molecular weight is 416 g/mol. The lowest BCUT2D eigenvalue weighted by molar-refractivity contribution is 0.101. The molecule has 0 unspecified atom stereocenters. The number of anilines is 1. The van der Waals surface area contributed by atoms with Gasteiger partial charge in [0.05, 0.1) is 22.6 Å². The molecule has 134 valence electrons. The molecule has 0 aliphatic rings. The number of benzene rings is 1. The van der Waals surface area contributed by atoms with Gasteiger partial charge in [-0.3, -0.25) is 15.1 Å². The summed E-state index contributed by atoms with van der Waals surface area (Å²) in [6.45, 7) is 0. The van der Waals surface area contributed by atoms with Crippen LogP contribution < -0.4 is 5.32 Å². The normalized spacial score (nSPS) is 10.7. The third kappa shape index (κ3) is 3.71. The lowest BCUT2D eigenvalue weighted by Crippen LogP contribution is -2.17. The zero-order valence-corrected chi connectivity index (χ0v) is 16.0. The lowest BCUT2D eigenvalue weighted by atomic mass is 10.3. The Morgan fingerprint density at radius 1 is 1.07 bits per heavy atom. The molecule has 27 heavy (non-hydrogen) atoms. The second kappa shape index (κ2) is 7.48. The predicted molar refractivity (Wildman–Crippen MR) is 107 cm³/mol. The topological polar surface area (TPSA) is 72.7 Å². The van der Waals surface area contributed by atoms with E-state index in [1.807, 2.05) is 23.6 Å². The van der Waals surface area contributed by atoms with Gasteiger partial charge in [-0.2, -0.15) is 5.10 Å². The highest BCUT2D eigenvalue weighted by molar-refractivity contribution is 7.14. The van der Waals surface area contributed by atoms with Gasteiger partial charge < -0.3 is 0 Å². The molecule has 1 amide bonds. The predicted octanol–water partition coefficient (Wildman–Crippen LogP) is 4.95. The van der Waals surface area contributed by atoms with Crippen molar-refractivity contribution >= 4 is 45.6 Å². The summed E-state index contributed by atoms with van der Waals surface area (Å²) in [5.41, 5.74) is 2.33. The maximum Gasteiger partial charge on any atom is 0.276 e. The number of hydrogen-bond donors (Lipinski definition) is 1. The minimum atomic E-state index is -0.347. The van der Waals surface area contributed by atoms with Gasteiger partial charge in [0, 0.05) is 16.6 Å². The Kier molecular flexibility index (Phi) is 4.89. The second-order valence-corrected chi connectivity index (χ2v) is 7.13. The number of amides is 1. The minimum Gasteiger partial charge on any atom is -0.296 e. The molecular formula is C18H11Cl2N5OS. The highest BCUT2D eigenvalue weighted by Gasteiger charge is 2.17. The molecule has 4 rings (SSSR count). The number of nitrogens with zero attached hydrogens (tertiary/aromatic N) is 4. The standard InChI is InChI=1S/C18H11Cl2N5OS/c19-11-4-5-15(12(20)9-11)25-16(6-8-22-25)17(26)24-18-23-14(10-27-18)13-3-1-2-7-21-13/h1-10H,(H,23,24,26). The SMILES string of the molecule is O=C(Nc1nc(-c2ccccn2)cs1)c1ccnn1-c1ccc(Cl)cc1Cl. The molecule has 0 spiro atoms. The number of thiazole rings is 1. The quantitative estimate of drug-likeness (QED) is 0.511. The van der Waals surface area contributed by atoms with Crippen molar-refractivity contribution in [2.45, 2.75) is 0 Å². The van der Waals surface area contributed by atoms with Gasteiger partial charge in [0.2, 0.25) is 0 Å². The summed E-state index contributed by atoms with van der Waals surface area (Å²) in [5.74, 6) is -0.347. The molecule has 9 heteroatoms. The van der Waals surface area contributed by atoms with Gasteiger partial charge >= 0.3 is 0 Å². The molecule has 1 aromatic carbocycles. The molecule has 0 saturated heterocycles. The van der Waals surface area contributed by atoms with E-state index in [0.717, 1.165) is 5.69 Å². The first-order valence-corrected chi connectivity index (χ1v) is 9.43. The Balaban J connectivity index is 1.58. The van der Waals surface area contributed by atoms with Crippen molar-refractivity contribution in [3.05, 3.63) is 76.0 Å². The average Bonchev–Trinajstić information content (AvgIpc) is 3.32. The van der Waals surface area contributed by atoms with E-state index in [1.165, 1.54) is 22.2 Å². The summed E-state index contributed by atoms with van der Waals surface area (Å²) in [4.78, 5) is 21.4. The fraction of sp³-hybridized carbons (Fsp3) is 0. The lowest BCUT2D eigenvalue weighted by Gasteiger charge is -2.09. The third-order valence-electron chi connectivity index (χ3n) is 3.67. The van der Waals surface area contributed by atoms with E-state index in [0.29, 0.717) is 32.3 Å². The van der Waals surface area contributed by atoms with Gasteiger partial charge in [-0.15, -0.1) is 11.3 Å². The number of halogens is 2. The molecule has 1 N–H and O–H groups in total. The van der Waals surface area contributed by atoms with Crippen LogP contribution in [-0.2, 0) is 0 Å². The van der Waals surface area contributed by atoms with Gasteiger partial charge in [-0.05, 0) is 36.4 Å². The summed E-state index contributed by atoms with van der Waals surface area (Å²) < 4.78 is 1.46. The van der Waals surface area contributed by atoms with Crippen LogP contribution in [0.3, 0.4) is 0 Å². The second-order valence-electron chi connectivity index (χ2n) is 5.43. The number of nitrogens with one attached hydrogen (secondary N) is 1. The van der Waals surface area contributed by atoms with Crippen LogP contribution in [0.2, 0.25) is 10.0 Å². The molecular weight excluding hydrogens is 405 g/mol. The van der Waals surface area contributed by atoms with Crippen molar-refractivity contribution in [2.24, 2.45) is 0 Å². The van der Waals surface area contributed by atoms with Gasteiger partial charge in [-0.25, -0.2) is 9.67 Å². The smallest absolute Gasteiger partial charge is 0.276 e. The molecule has 0 atom stereocenters. The van der Waals surface area contributed by atoms with Crippen LogP contribution in [0, 0.1) is 0 Å². The van der Waals surface area contributed by atoms with Crippen LogP contribution in [0.4, 0.5) is 5.13 Å². The van der Waals surface area contributed by atoms with E-state index in [4.69, 9.17) is 23.2 Å². The molecule has 0 saturated carbocycles. The van der Waals surface area contributed by atoms with Crippen molar-refractivity contribution in [1.29, 1.82) is 0 Å². The van der Waals surface area contributed by atoms with Crippen molar-refractivity contribution in [3.63, 3.8) is 0 Å². The van der Waals surface area contributed by atoms with Crippen molar-refractivity contribution in [3.8, 4) is 17.1 Å². The largest absolute Gasteiger partial charge is 0.296 e. The Labute approximate surface area is 168 Å². The third-order valence-corrected chi connectivity index (χ3v) is 4.96. The van der Waals surface area contributed by atoms with Crippen molar-refractivity contribution < 1.29 is 4.79 Å². The molecule has 0 aliphatic carbocycles. The fourth-order valence-corrected chi connectivity index (χ4v) is 3.63. The van der Waals surface area contributed by atoms with E-state index in [1.54, 1.807) is 30.5 Å². The monoisotopic (exact) mass is 415 g/mol. The molecule has 6 nitrogen and oxygen atoms in total. The van der Waals surface area contributed by atoms with E-state index >= 15 is 0 Å². The van der Waals surface area contributed by atoms with Crippen LogP contribution in [0.1, 0.15) is 10.5 Å². The van der Waals surface area contributed by atoms with E-state index in [9.17, 15) is 4.79 Å². The molecule has 0 radical (unpaired) electrons. The number of hydrogen-bond acceptors (Lipinski definition) is 5. The van der Waals surface area contributed by atoms with Gasteiger partial charge in [-0.1, -0.05) is 29.3 Å². The van der Waals surface area contributed by atoms with E-state index in [-0.39, 0.29) is 5.91 Å². The molecule has 0 aliphatic heterocycles. The van der Waals surface area contributed by atoms with E-state index < -0.39 is 0 Å². The van der Waals surface area contributed by atoms with E-state index in [2.05, 4.69) is 20.4 Å². The molecule has 3 aromatic heterocycles. The zero-order valence-electron chi connectivity index (χ0n) is 13.6. The molecule has 0 fully saturated rings. The summed E-state index contributed by atoms with van der Waals surface area (Å²) in [5, 5.41) is 10.2. The number of pyridine rings is 1. The van der Waals surface area contributed by atoms with Crippen molar-refractivity contribution in [1.82, 2.24) is 19.7 Å². The molecule has 0 bridgehead atoms. The first-order chi connectivity index (χ1) is 13.1. The molecule has 3 heterocycles. The maximum atomic E-state index is 12.7. The Morgan fingerprint density at radius 3 is 2.74 bits per heavy atom. The van der Waals surface area contributed by atoms with Crippen LogP contribution in [0.15, 0.2) is 60.2 Å².